The number of carbonyl (C=O) groups excluding carboxylic acids is 1. The fourth-order valence-corrected chi connectivity index (χ4v) is 3.54. The number of nitrogens with zero attached hydrogens (tertiary/aromatic N) is 3. The first-order valence-corrected chi connectivity index (χ1v) is 8.29. The Kier molecular flexibility index (Phi) is 4.07. The molecule has 5 nitrogen and oxygen atoms in total. The summed E-state index contributed by atoms with van der Waals surface area (Å²) >= 11 is 1.41. The van der Waals surface area contributed by atoms with Gasteiger partial charge in [0.05, 0.1) is 27.1 Å². The maximum atomic E-state index is 12.7. The van der Waals surface area contributed by atoms with Gasteiger partial charge in [-0.3, -0.25) is 4.79 Å². The number of hydrogen-bond donors (Lipinski definition) is 1. The molecule has 0 aliphatic carbocycles. The predicted octanol–water partition coefficient (Wildman–Crippen LogP) is 4.33. The highest BCUT2D eigenvalue weighted by atomic mass is 32.1. The third-order valence-corrected chi connectivity index (χ3v) is 4.71. The topological polar surface area (TPSA) is 89.8 Å². The van der Waals surface area contributed by atoms with Gasteiger partial charge in [-0.1, -0.05) is 13.0 Å². The van der Waals surface area contributed by atoms with E-state index in [-0.39, 0.29) is 16.9 Å². The molecule has 0 atom stereocenters. The van der Waals surface area contributed by atoms with Crippen molar-refractivity contribution in [2.24, 2.45) is 0 Å². The van der Waals surface area contributed by atoms with Crippen molar-refractivity contribution in [1.82, 2.24) is 4.73 Å². The average Bonchev–Trinajstić information content (AvgIpc) is 3.20. The van der Waals surface area contributed by atoms with Gasteiger partial charge in [0.15, 0.2) is 5.78 Å². The largest absolute Gasteiger partial charge is 0.428 e. The number of thiophene rings is 1. The Hall–Kier alpha value is -3.09. The molecule has 0 saturated heterocycles. The van der Waals surface area contributed by atoms with Crippen molar-refractivity contribution in [3.63, 3.8) is 0 Å². The molecule has 0 spiro atoms. The predicted molar refractivity (Wildman–Crippen MR) is 91.1 cm³/mol. The lowest BCUT2D eigenvalue weighted by Crippen LogP contribution is -2.01. The van der Waals surface area contributed by atoms with Gasteiger partial charge >= 0.3 is 0 Å². The molecule has 3 rings (SSSR count). The molecule has 0 unspecified atom stereocenters. The lowest BCUT2D eigenvalue weighted by molar-refractivity contribution is 0.0982. The van der Waals surface area contributed by atoms with Crippen molar-refractivity contribution < 1.29 is 10.0 Å². The van der Waals surface area contributed by atoms with Crippen LogP contribution in [0.5, 0.6) is 0 Å². The summed E-state index contributed by atoms with van der Waals surface area (Å²) in [5.74, 6) is -0.0905. The zero-order valence-electron chi connectivity index (χ0n) is 12.9. The molecular weight excluding hydrogens is 322 g/mol. The Bertz CT molecular complexity index is 1020. The van der Waals surface area contributed by atoms with Gasteiger partial charge in [0.2, 0.25) is 0 Å². The summed E-state index contributed by atoms with van der Waals surface area (Å²) in [7, 11) is 0. The fraction of sp³-hybridized carbons (Fsp3) is 0.167. The third kappa shape index (κ3) is 2.34. The molecular formula is C18H13N3O2S. The molecule has 0 aliphatic rings. The lowest BCUT2D eigenvalue weighted by atomic mass is 9.99. The number of carbonyl (C=O) groups is 1. The minimum atomic E-state index is -0.0905. The van der Waals surface area contributed by atoms with Crippen LogP contribution >= 0.6 is 11.3 Å². The molecule has 2 aromatic heterocycles. The number of benzene rings is 1. The van der Waals surface area contributed by atoms with Crippen LogP contribution < -0.4 is 0 Å². The van der Waals surface area contributed by atoms with Crippen LogP contribution in [0.2, 0.25) is 0 Å². The maximum Gasteiger partial charge on any atom is 0.165 e. The summed E-state index contributed by atoms with van der Waals surface area (Å²) in [6.07, 6.45) is 1.03. The molecule has 6 heteroatoms. The summed E-state index contributed by atoms with van der Waals surface area (Å²) in [6, 6.07) is 10.6. The van der Waals surface area contributed by atoms with Crippen LogP contribution in [-0.4, -0.2) is 15.7 Å². The van der Waals surface area contributed by atoms with Crippen LogP contribution in [0.3, 0.4) is 0 Å². The second-order valence-corrected chi connectivity index (χ2v) is 6.27. The van der Waals surface area contributed by atoms with E-state index >= 15 is 0 Å². The van der Waals surface area contributed by atoms with E-state index in [1.165, 1.54) is 23.5 Å². The SMILES string of the molecule is CCCC(=O)c1c(-c2cccs2)n(O)c2cc(C#N)c(C#N)cc12. The Morgan fingerprint density at radius 1 is 1.29 bits per heavy atom. The van der Waals surface area contributed by atoms with Crippen molar-refractivity contribution in [2.45, 2.75) is 19.8 Å². The molecule has 3 aromatic rings. The second-order valence-electron chi connectivity index (χ2n) is 5.32. The number of fused-ring (bicyclic) bond motifs is 1. The minimum Gasteiger partial charge on any atom is -0.428 e. The smallest absolute Gasteiger partial charge is 0.165 e. The first-order chi connectivity index (χ1) is 11.6. The summed E-state index contributed by atoms with van der Waals surface area (Å²) in [6.45, 7) is 1.91. The highest BCUT2D eigenvalue weighted by Crippen LogP contribution is 2.37. The standard InChI is InChI=1S/C18H13N3O2S/c1-2-4-15(22)17-13-7-11(9-19)12(10-20)8-14(13)21(23)18(17)16-5-3-6-24-16/h3,5-8,23H,2,4H2,1H3. The van der Waals surface area contributed by atoms with Crippen molar-refractivity contribution in [2.75, 3.05) is 0 Å². The fourth-order valence-electron chi connectivity index (χ4n) is 2.78. The zero-order chi connectivity index (χ0) is 17.3. The monoisotopic (exact) mass is 335 g/mol. The third-order valence-electron chi connectivity index (χ3n) is 3.83. The van der Waals surface area contributed by atoms with Gasteiger partial charge in [-0.25, -0.2) is 0 Å². The molecule has 0 aliphatic heterocycles. The number of rotatable bonds is 4. The molecule has 0 amide bonds. The van der Waals surface area contributed by atoms with Crippen molar-refractivity contribution in [3.05, 3.63) is 46.3 Å². The highest BCUT2D eigenvalue weighted by Gasteiger charge is 2.25. The van der Waals surface area contributed by atoms with Crippen LogP contribution in [0.4, 0.5) is 0 Å². The van der Waals surface area contributed by atoms with Crippen LogP contribution in [-0.2, 0) is 0 Å². The van der Waals surface area contributed by atoms with Gasteiger partial charge in [-0.05, 0) is 30.0 Å². The Labute approximate surface area is 142 Å². The highest BCUT2D eigenvalue weighted by molar-refractivity contribution is 7.13. The average molecular weight is 335 g/mol. The molecule has 0 saturated carbocycles. The van der Waals surface area contributed by atoms with Crippen LogP contribution in [0.25, 0.3) is 21.5 Å². The zero-order valence-corrected chi connectivity index (χ0v) is 13.7. The number of Topliss-reactive ketones (excluding diaryl/α,β-unsaturated/α-hetero) is 1. The molecule has 0 fully saturated rings. The van der Waals surface area contributed by atoms with E-state index < -0.39 is 0 Å². The first kappa shape index (κ1) is 15.8. The Morgan fingerprint density at radius 2 is 2.00 bits per heavy atom. The Morgan fingerprint density at radius 3 is 2.58 bits per heavy atom. The number of aromatic nitrogens is 1. The van der Waals surface area contributed by atoms with E-state index in [0.717, 1.165) is 9.61 Å². The lowest BCUT2D eigenvalue weighted by Gasteiger charge is -2.03. The van der Waals surface area contributed by atoms with Crippen LogP contribution in [0, 0.1) is 22.7 Å². The summed E-state index contributed by atoms with van der Waals surface area (Å²) in [5.41, 5.74) is 1.53. The number of nitriles is 2. The van der Waals surface area contributed by atoms with E-state index in [1.807, 2.05) is 36.6 Å². The first-order valence-electron chi connectivity index (χ1n) is 7.41. The van der Waals surface area contributed by atoms with Crippen molar-refractivity contribution >= 4 is 28.0 Å². The summed E-state index contributed by atoms with van der Waals surface area (Å²) < 4.78 is 0.950. The van der Waals surface area contributed by atoms with Gasteiger partial charge < -0.3 is 5.21 Å². The molecule has 118 valence electrons. The van der Waals surface area contributed by atoms with Gasteiger partial charge in [-0.15, -0.1) is 11.3 Å². The molecule has 2 heterocycles. The van der Waals surface area contributed by atoms with Gasteiger partial charge in [-0.2, -0.15) is 15.3 Å². The van der Waals surface area contributed by atoms with Crippen LogP contribution in [0.1, 0.15) is 41.3 Å². The molecule has 1 N–H and O–H groups in total. The van der Waals surface area contributed by atoms with E-state index in [9.17, 15) is 20.5 Å². The van der Waals surface area contributed by atoms with Gasteiger partial charge in [0.25, 0.3) is 0 Å². The molecule has 1 aromatic carbocycles. The van der Waals surface area contributed by atoms with Gasteiger partial charge in [0, 0.05) is 11.8 Å². The Balaban J connectivity index is 2.44. The molecule has 0 radical (unpaired) electrons. The second kappa shape index (κ2) is 6.19. The minimum absolute atomic E-state index is 0.0905. The molecule has 0 bridgehead atoms. The number of hydrogen-bond acceptors (Lipinski definition) is 5. The van der Waals surface area contributed by atoms with Crippen molar-refractivity contribution in [1.29, 1.82) is 10.5 Å². The number of ketones is 1. The van der Waals surface area contributed by atoms with E-state index in [1.54, 1.807) is 0 Å². The quantitative estimate of drug-likeness (QED) is 0.567. The van der Waals surface area contributed by atoms with E-state index in [2.05, 4.69) is 0 Å². The molecule has 24 heavy (non-hydrogen) atoms. The summed E-state index contributed by atoms with van der Waals surface area (Å²) in [4.78, 5) is 13.4. The normalized spacial score (nSPS) is 10.5. The summed E-state index contributed by atoms with van der Waals surface area (Å²) in [5, 5.41) is 31.4. The van der Waals surface area contributed by atoms with Gasteiger partial charge in [0.1, 0.15) is 17.8 Å². The van der Waals surface area contributed by atoms with Crippen molar-refractivity contribution in [3.8, 4) is 22.7 Å². The maximum absolute atomic E-state index is 12.7. The van der Waals surface area contributed by atoms with E-state index in [0.29, 0.717) is 35.0 Å². The van der Waals surface area contributed by atoms with E-state index in [4.69, 9.17) is 0 Å². The van der Waals surface area contributed by atoms with Crippen LogP contribution in [0.15, 0.2) is 29.6 Å².